The van der Waals surface area contributed by atoms with Crippen LogP contribution >= 0.6 is 0 Å². The molecule has 0 rings (SSSR count). The van der Waals surface area contributed by atoms with Crippen molar-refractivity contribution in [2.24, 2.45) is 0 Å². The molecule has 422 valence electrons. The molecule has 0 fully saturated rings. The summed E-state index contributed by atoms with van der Waals surface area (Å²) in [7, 11) is 0. The number of unbranched alkanes of at least 4 members (excludes halogenated alkanes) is 26. The third-order valence-corrected chi connectivity index (χ3v) is 13.0. The van der Waals surface area contributed by atoms with Crippen molar-refractivity contribution in [1.82, 2.24) is 0 Å². The molecule has 0 aromatic carbocycles. The van der Waals surface area contributed by atoms with E-state index < -0.39 is 6.10 Å². The van der Waals surface area contributed by atoms with Crippen molar-refractivity contribution in [2.45, 2.75) is 290 Å². The van der Waals surface area contributed by atoms with Crippen LogP contribution in [0.3, 0.4) is 0 Å². The minimum Gasteiger partial charge on any atom is -0.462 e. The lowest BCUT2D eigenvalue weighted by Gasteiger charge is -2.18. The zero-order valence-electron chi connectivity index (χ0n) is 48.3. The van der Waals surface area contributed by atoms with Crippen LogP contribution in [-0.4, -0.2) is 37.2 Å². The van der Waals surface area contributed by atoms with E-state index in [0.717, 1.165) is 128 Å². The van der Waals surface area contributed by atoms with Gasteiger partial charge in [-0.1, -0.05) is 265 Å². The molecule has 0 aliphatic heterocycles. The fourth-order valence-corrected chi connectivity index (χ4v) is 8.39. The normalized spacial score (nSPS) is 12.9. The Morgan fingerprint density at radius 3 is 0.824 bits per heavy atom. The zero-order chi connectivity index (χ0) is 53.6. The lowest BCUT2D eigenvalue weighted by atomic mass is 10.1. The molecule has 6 nitrogen and oxygen atoms in total. The third kappa shape index (κ3) is 59.0. The van der Waals surface area contributed by atoms with E-state index >= 15 is 0 Å². The molecular weight excluding hydrogens is 913 g/mol. The van der Waals surface area contributed by atoms with Gasteiger partial charge in [-0.2, -0.15) is 0 Å². The molecule has 0 saturated carbocycles. The average molecular weight is 1030 g/mol. The third-order valence-electron chi connectivity index (χ3n) is 13.0. The van der Waals surface area contributed by atoms with E-state index in [1.807, 2.05) is 0 Å². The lowest BCUT2D eigenvalue weighted by Crippen LogP contribution is -2.30. The molecular formula is C68H114O6. The molecule has 0 saturated heterocycles. The van der Waals surface area contributed by atoms with Gasteiger partial charge in [0.2, 0.25) is 0 Å². The molecule has 0 aromatic heterocycles. The molecule has 1 atom stereocenters. The Bertz CT molecular complexity index is 1510. The summed E-state index contributed by atoms with van der Waals surface area (Å²) in [5.74, 6) is -0.909. The van der Waals surface area contributed by atoms with E-state index in [1.54, 1.807) is 0 Å². The summed E-state index contributed by atoms with van der Waals surface area (Å²) in [6.07, 6.45) is 83.8. The molecule has 74 heavy (non-hydrogen) atoms. The SMILES string of the molecule is CC/C=C\C/C=C\C/C=C\C/C=C\C/C=C\C/C=C\CCCCCCCCC(=O)OCC(COC(=O)CCCCCCCCCC)OC(=O)CCCCCCCCCC/C=C\C/C=C\C/C=C\CCCCCCC. The van der Waals surface area contributed by atoms with Crippen molar-refractivity contribution >= 4 is 17.9 Å². The Kier molecular flexibility index (Phi) is 58.3. The quantitative estimate of drug-likeness (QED) is 0.0261. The first kappa shape index (κ1) is 70.1. The van der Waals surface area contributed by atoms with Gasteiger partial charge in [0, 0.05) is 19.3 Å². The Balaban J connectivity index is 4.28. The summed E-state index contributed by atoms with van der Waals surface area (Å²) >= 11 is 0. The smallest absolute Gasteiger partial charge is 0.306 e. The molecule has 6 heteroatoms. The number of carbonyl (C=O) groups is 3. The second kappa shape index (κ2) is 61.6. The minimum absolute atomic E-state index is 0.0858. The maximum Gasteiger partial charge on any atom is 0.306 e. The van der Waals surface area contributed by atoms with E-state index in [2.05, 4.69) is 130 Å². The van der Waals surface area contributed by atoms with Crippen molar-refractivity contribution in [2.75, 3.05) is 13.2 Å². The van der Waals surface area contributed by atoms with Gasteiger partial charge in [0.25, 0.3) is 0 Å². The van der Waals surface area contributed by atoms with E-state index in [0.29, 0.717) is 19.3 Å². The van der Waals surface area contributed by atoms with E-state index in [-0.39, 0.29) is 31.1 Å². The van der Waals surface area contributed by atoms with Crippen LogP contribution in [0.25, 0.3) is 0 Å². The van der Waals surface area contributed by atoms with Crippen molar-refractivity contribution in [1.29, 1.82) is 0 Å². The summed E-state index contributed by atoms with van der Waals surface area (Å²) in [4.78, 5) is 38.1. The second-order valence-corrected chi connectivity index (χ2v) is 20.2. The van der Waals surface area contributed by atoms with E-state index in [9.17, 15) is 14.4 Å². The number of esters is 3. The summed E-state index contributed by atoms with van der Waals surface area (Å²) in [6.45, 7) is 6.48. The summed E-state index contributed by atoms with van der Waals surface area (Å²) in [5, 5.41) is 0. The Morgan fingerprint density at radius 2 is 0.527 bits per heavy atom. The molecule has 1 unspecified atom stereocenters. The first-order valence-electron chi connectivity index (χ1n) is 30.9. The number of rotatable bonds is 55. The highest BCUT2D eigenvalue weighted by molar-refractivity contribution is 5.71. The van der Waals surface area contributed by atoms with Crippen LogP contribution in [0, 0.1) is 0 Å². The van der Waals surface area contributed by atoms with Gasteiger partial charge in [0.1, 0.15) is 13.2 Å². The maximum atomic E-state index is 12.9. The van der Waals surface area contributed by atoms with Gasteiger partial charge in [-0.3, -0.25) is 14.4 Å². The van der Waals surface area contributed by atoms with Crippen LogP contribution in [0.15, 0.2) is 109 Å². The number of hydrogen-bond acceptors (Lipinski definition) is 6. The molecule has 0 spiro atoms. The summed E-state index contributed by atoms with van der Waals surface area (Å²) in [6, 6.07) is 0. The summed E-state index contributed by atoms with van der Waals surface area (Å²) < 4.78 is 16.8. The van der Waals surface area contributed by atoms with Gasteiger partial charge in [-0.05, 0) is 109 Å². The highest BCUT2D eigenvalue weighted by Gasteiger charge is 2.19. The topological polar surface area (TPSA) is 78.9 Å². The van der Waals surface area contributed by atoms with E-state index in [1.165, 1.54) is 116 Å². The first-order chi connectivity index (χ1) is 36.5. The van der Waals surface area contributed by atoms with Crippen LogP contribution in [0.1, 0.15) is 284 Å². The molecule has 0 aliphatic carbocycles. The predicted molar refractivity (Wildman–Crippen MR) is 320 cm³/mol. The predicted octanol–water partition coefficient (Wildman–Crippen LogP) is 21.0. The van der Waals surface area contributed by atoms with Gasteiger partial charge in [0.05, 0.1) is 0 Å². The molecule has 0 aliphatic rings. The van der Waals surface area contributed by atoms with Crippen molar-refractivity contribution in [3.05, 3.63) is 109 Å². The van der Waals surface area contributed by atoms with Gasteiger partial charge < -0.3 is 14.2 Å². The molecule has 0 radical (unpaired) electrons. The molecule has 0 N–H and O–H groups in total. The number of allylic oxidation sites excluding steroid dienone is 18. The highest BCUT2D eigenvalue weighted by atomic mass is 16.6. The standard InChI is InChI=1S/C68H114O6/c1-4-7-10-13-16-19-21-23-25-27-29-31-33-34-36-37-39-41-43-45-47-49-52-55-58-61-67(70)73-64-65(63-72-66(69)60-57-54-51-18-15-12-9-6-3)74-68(71)62-59-56-53-50-48-46-44-42-40-38-35-32-30-28-26-24-22-20-17-14-11-8-5-2/h7,10,16,19,22-25,28-31,34-36,38-39,41,65H,4-6,8-9,11-15,17-18,20-21,26-27,32-33,37,40,42-64H2,1-3H3/b10-7-,19-16-,24-22-,25-23-,30-28-,31-29-,36-34-,38-35-,41-39-. The molecule has 0 heterocycles. The Morgan fingerprint density at radius 1 is 0.284 bits per heavy atom. The number of hydrogen-bond donors (Lipinski definition) is 0. The van der Waals surface area contributed by atoms with E-state index in [4.69, 9.17) is 14.2 Å². The first-order valence-corrected chi connectivity index (χ1v) is 30.9. The minimum atomic E-state index is -0.789. The molecule has 0 aromatic rings. The largest absolute Gasteiger partial charge is 0.462 e. The molecule has 0 bridgehead atoms. The van der Waals surface area contributed by atoms with Crippen molar-refractivity contribution in [3.63, 3.8) is 0 Å². The average Bonchev–Trinajstić information content (AvgIpc) is 3.40. The highest BCUT2D eigenvalue weighted by Crippen LogP contribution is 2.15. The second-order valence-electron chi connectivity index (χ2n) is 20.2. The summed E-state index contributed by atoms with van der Waals surface area (Å²) in [5.41, 5.74) is 0. The van der Waals surface area contributed by atoms with Crippen LogP contribution in [0.2, 0.25) is 0 Å². The van der Waals surface area contributed by atoms with Crippen LogP contribution in [0.5, 0.6) is 0 Å². The van der Waals surface area contributed by atoms with Crippen LogP contribution in [-0.2, 0) is 28.6 Å². The number of ether oxygens (including phenoxy) is 3. The van der Waals surface area contributed by atoms with Gasteiger partial charge in [-0.15, -0.1) is 0 Å². The molecule has 0 amide bonds. The zero-order valence-corrected chi connectivity index (χ0v) is 48.3. The number of carbonyl (C=O) groups excluding carboxylic acids is 3. The van der Waals surface area contributed by atoms with Crippen LogP contribution in [0.4, 0.5) is 0 Å². The lowest BCUT2D eigenvalue weighted by molar-refractivity contribution is -0.167. The van der Waals surface area contributed by atoms with Crippen molar-refractivity contribution < 1.29 is 28.6 Å². The van der Waals surface area contributed by atoms with Crippen molar-refractivity contribution in [3.8, 4) is 0 Å². The van der Waals surface area contributed by atoms with Gasteiger partial charge in [-0.25, -0.2) is 0 Å². The monoisotopic (exact) mass is 1030 g/mol. The van der Waals surface area contributed by atoms with Gasteiger partial charge >= 0.3 is 17.9 Å². The van der Waals surface area contributed by atoms with Gasteiger partial charge in [0.15, 0.2) is 6.10 Å². The Labute approximate surface area is 457 Å². The fraction of sp³-hybridized carbons (Fsp3) is 0.691. The van der Waals surface area contributed by atoms with Crippen LogP contribution < -0.4 is 0 Å². The fourth-order valence-electron chi connectivity index (χ4n) is 8.39. The maximum absolute atomic E-state index is 12.9. The Hall–Kier alpha value is -3.93.